The lowest BCUT2D eigenvalue weighted by Gasteiger charge is -2.16. The highest BCUT2D eigenvalue weighted by Crippen LogP contribution is 2.34. The Kier molecular flexibility index (Phi) is 6.03. The number of ether oxygens (including phenoxy) is 1. The van der Waals surface area contributed by atoms with E-state index < -0.39 is 21.9 Å². The predicted molar refractivity (Wildman–Crippen MR) is 111 cm³/mol. The number of sulfonamides is 1. The first-order valence-electron chi connectivity index (χ1n) is 8.19. The number of rotatable bonds is 7. The average molecular weight is 460 g/mol. The molecule has 0 unspecified atom stereocenters. The summed E-state index contributed by atoms with van der Waals surface area (Å²) in [6.07, 6.45) is 0. The van der Waals surface area contributed by atoms with Crippen molar-refractivity contribution < 1.29 is 22.7 Å². The molecule has 1 amide bonds. The summed E-state index contributed by atoms with van der Waals surface area (Å²) in [5.41, 5.74) is 0. The number of carbonyl (C=O) groups excluding carboxylic acids is 2. The average Bonchev–Trinajstić information content (AvgIpc) is 3.36. The maximum atomic E-state index is 12.5. The number of thiazole rings is 1. The number of nitrogens with zero attached hydrogens (tertiary/aromatic N) is 2. The molecule has 150 valence electrons. The molecule has 0 radical (unpaired) electrons. The molecule has 1 N–H and O–H groups in total. The highest BCUT2D eigenvalue weighted by Gasteiger charge is 2.27. The zero-order valence-corrected chi connectivity index (χ0v) is 18.5. The molecule has 0 atom stereocenters. The Morgan fingerprint density at radius 3 is 2.57 bits per heavy atom. The topological polar surface area (TPSA) is 106 Å². The summed E-state index contributed by atoms with van der Waals surface area (Å²) in [6.45, 7) is 5.73. The van der Waals surface area contributed by atoms with Crippen LogP contribution >= 0.6 is 34.0 Å². The van der Waals surface area contributed by atoms with E-state index in [4.69, 9.17) is 0 Å². The van der Waals surface area contributed by atoms with Gasteiger partial charge in [0.15, 0.2) is 5.13 Å². The first-order chi connectivity index (χ1) is 13.3. The molecule has 0 spiro atoms. The maximum Gasteiger partial charge on any atom is 0.349 e. The summed E-state index contributed by atoms with van der Waals surface area (Å²) >= 11 is 3.51. The minimum Gasteiger partial charge on any atom is -0.465 e. The van der Waals surface area contributed by atoms with Crippen molar-refractivity contribution in [1.29, 1.82) is 0 Å². The van der Waals surface area contributed by atoms with E-state index in [9.17, 15) is 18.0 Å². The maximum absolute atomic E-state index is 12.5. The molecule has 0 aliphatic rings. The Morgan fingerprint density at radius 1 is 1.25 bits per heavy atom. The van der Waals surface area contributed by atoms with Gasteiger partial charge in [-0.1, -0.05) is 11.3 Å². The zero-order valence-electron chi connectivity index (χ0n) is 15.2. The predicted octanol–water partition coefficient (Wildman–Crippen LogP) is 3.17. The number of methoxy groups -OCH3 is 1. The second-order valence-corrected chi connectivity index (χ2v) is 10.1. The van der Waals surface area contributed by atoms with Gasteiger partial charge < -0.3 is 9.64 Å². The molecule has 0 aliphatic carbocycles. The Balaban J connectivity index is 1.83. The zero-order chi connectivity index (χ0) is 20.5. The smallest absolute Gasteiger partial charge is 0.349 e. The largest absolute Gasteiger partial charge is 0.465 e. The van der Waals surface area contributed by atoms with Crippen LogP contribution in [0.3, 0.4) is 0 Å². The summed E-state index contributed by atoms with van der Waals surface area (Å²) in [5, 5.41) is 2.32. The molecule has 0 saturated heterocycles. The van der Waals surface area contributed by atoms with Crippen molar-refractivity contribution in [2.75, 3.05) is 25.1 Å². The van der Waals surface area contributed by atoms with E-state index in [1.54, 1.807) is 6.07 Å². The summed E-state index contributed by atoms with van der Waals surface area (Å²) < 4.78 is 32.5. The van der Waals surface area contributed by atoms with Crippen molar-refractivity contribution in [3.63, 3.8) is 0 Å². The first kappa shape index (κ1) is 20.7. The number of hydrogen-bond donors (Lipinski definition) is 1. The van der Waals surface area contributed by atoms with Crippen molar-refractivity contribution in [3.8, 4) is 0 Å². The van der Waals surface area contributed by atoms with Crippen LogP contribution in [0.2, 0.25) is 0 Å². The Morgan fingerprint density at radius 2 is 1.96 bits per heavy atom. The van der Waals surface area contributed by atoms with Gasteiger partial charge in [0.25, 0.3) is 15.9 Å². The van der Waals surface area contributed by atoms with E-state index in [1.165, 1.54) is 22.8 Å². The number of amides is 1. The lowest BCUT2D eigenvalue weighted by Crippen LogP contribution is -2.30. The fraction of sp³-hybridized carbons (Fsp3) is 0.312. The molecule has 0 fully saturated rings. The van der Waals surface area contributed by atoms with Crippen LogP contribution in [0.15, 0.2) is 22.4 Å². The Bertz CT molecular complexity index is 1090. The van der Waals surface area contributed by atoms with Crippen molar-refractivity contribution in [3.05, 3.63) is 27.3 Å². The van der Waals surface area contributed by atoms with Crippen LogP contribution in [-0.4, -0.2) is 45.5 Å². The van der Waals surface area contributed by atoms with Gasteiger partial charge in [0.05, 0.1) is 16.7 Å². The van der Waals surface area contributed by atoms with Crippen LogP contribution in [0.25, 0.3) is 9.53 Å². The van der Waals surface area contributed by atoms with E-state index >= 15 is 0 Å². The highest BCUT2D eigenvalue weighted by molar-refractivity contribution is 7.90. The lowest BCUT2D eigenvalue weighted by atomic mass is 10.4. The van der Waals surface area contributed by atoms with E-state index in [-0.39, 0.29) is 14.6 Å². The Labute approximate surface area is 173 Å². The number of hydrogen-bond acceptors (Lipinski definition) is 10. The SMILES string of the molecule is CCN(CC)c1nc2sc(C(=O)NS(=O)(=O)c3ccsc3C(=O)OC)cc2s1. The van der Waals surface area contributed by atoms with Gasteiger partial charge in [-0.25, -0.2) is 22.9 Å². The molecule has 3 rings (SSSR count). The van der Waals surface area contributed by atoms with Gasteiger partial charge in [-0.2, -0.15) is 0 Å². The van der Waals surface area contributed by atoms with Gasteiger partial charge in [0, 0.05) is 13.1 Å². The van der Waals surface area contributed by atoms with Gasteiger partial charge in [0.2, 0.25) is 0 Å². The van der Waals surface area contributed by atoms with Crippen LogP contribution in [-0.2, 0) is 14.8 Å². The number of carbonyl (C=O) groups is 2. The molecule has 0 aromatic carbocycles. The van der Waals surface area contributed by atoms with Crippen LogP contribution in [0.5, 0.6) is 0 Å². The standard InChI is InChI=1S/C16H17N3O5S4/c1-4-19(5-2)16-17-14-10(27-16)8-9(26-14)13(20)18-28(22,23)11-6-7-25-12(11)15(21)24-3/h6-8H,4-5H2,1-3H3,(H,18,20). The van der Waals surface area contributed by atoms with E-state index in [0.717, 1.165) is 52.7 Å². The highest BCUT2D eigenvalue weighted by atomic mass is 32.2. The van der Waals surface area contributed by atoms with Crippen molar-refractivity contribution >= 4 is 70.6 Å². The van der Waals surface area contributed by atoms with E-state index in [0.29, 0.717) is 4.83 Å². The molecular weight excluding hydrogens is 442 g/mol. The number of fused-ring (bicyclic) bond motifs is 1. The summed E-state index contributed by atoms with van der Waals surface area (Å²) in [7, 11) is -3.05. The molecule has 0 bridgehead atoms. The van der Waals surface area contributed by atoms with E-state index in [2.05, 4.69) is 14.6 Å². The fourth-order valence-electron chi connectivity index (χ4n) is 2.44. The minimum atomic E-state index is -4.21. The summed E-state index contributed by atoms with van der Waals surface area (Å²) in [4.78, 5) is 31.4. The van der Waals surface area contributed by atoms with Crippen LogP contribution in [0, 0.1) is 0 Å². The van der Waals surface area contributed by atoms with Crippen molar-refractivity contribution in [2.45, 2.75) is 18.7 Å². The number of esters is 1. The number of aromatic nitrogens is 1. The molecular formula is C16H17N3O5S4. The van der Waals surface area contributed by atoms with E-state index in [1.807, 2.05) is 18.6 Å². The Hall–Kier alpha value is -2.02. The normalized spacial score (nSPS) is 11.5. The monoisotopic (exact) mass is 459 g/mol. The minimum absolute atomic E-state index is 0.0829. The van der Waals surface area contributed by atoms with Gasteiger partial charge in [-0.05, 0) is 31.4 Å². The number of thiophene rings is 2. The second kappa shape index (κ2) is 8.15. The fourth-order valence-corrected chi connectivity index (χ4v) is 7.04. The van der Waals surface area contributed by atoms with Crippen LogP contribution in [0.1, 0.15) is 33.2 Å². The van der Waals surface area contributed by atoms with Crippen LogP contribution in [0.4, 0.5) is 5.13 Å². The molecule has 12 heteroatoms. The lowest BCUT2D eigenvalue weighted by molar-refractivity contribution is 0.0602. The third-order valence-electron chi connectivity index (χ3n) is 3.85. The van der Waals surface area contributed by atoms with Crippen LogP contribution < -0.4 is 9.62 Å². The van der Waals surface area contributed by atoms with Crippen molar-refractivity contribution in [2.24, 2.45) is 0 Å². The molecule has 3 aromatic rings. The van der Waals surface area contributed by atoms with Gasteiger partial charge in [-0.15, -0.1) is 22.7 Å². The summed E-state index contributed by atoms with van der Waals surface area (Å²) in [6, 6.07) is 2.89. The molecule has 28 heavy (non-hydrogen) atoms. The van der Waals surface area contributed by atoms with Gasteiger partial charge in [-0.3, -0.25) is 4.79 Å². The third kappa shape index (κ3) is 3.90. The summed E-state index contributed by atoms with van der Waals surface area (Å²) in [5.74, 6) is -1.53. The van der Waals surface area contributed by atoms with Gasteiger partial charge >= 0.3 is 5.97 Å². The number of anilines is 1. The molecule has 3 aromatic heterocycles. The first-order valence-corrected chi connectivity index (χ1v) is 12.2. The number of nitrogens with one attached hydrogen (secondary N) is 1. The molecule has 0 saturated carbocycles. The molecule has 8 nitrogen and oxygen atoms in total. The second-order valence-electron chi connectivity index (χ2n) is 5.49. The third-order valence-corrected chi connectivity index (χ3v) is 8.47. The van der Waals surface area contributed by atoms with Crippen molar-refractivity contribution in [1.82, 2.24) is 9.71 Å². The quantitative estimate of drug-likeness (QED) is 0.541. The molecule has 3 heterocycles. The van der Waals surface area contributed by atoms with Gasteiger partial charge in [0.1, 0.15) is 14.6 Å². The molecule has 0 aliphatic heterocycles.